The number of esters is 2. The molecule has 0 aromatic rings. The molecule has 0 saturated carbocycles. The maximum atomic E-state index is 12.6. The minimum atomic E-state index is -4.63. The zero-order valence-electron chi connectivity index (χ0n) is 34.8. The highest BCUT2D eigenvalue weighted by molar-refractivity contribution is 7.47. The van der Waals surface area contributed by atoms with Gasteiger partial charge < -0.3 is 29.3 Å². The molecule has 1 aliphatic heterocycles. The number of rotatable bonds is 39. The van der Waals surface area contributed by atoms with Crippen molar-refractivity contribution >= 4 is 19.8 Å². The van der Waals surface area contributed by atoms with Crippen LogP contribution >= 0.6 is 7.82 Å². The Labute approximate surface area is 338 Å². The van der Waals surface area contributed by atoms with E-state index in [2.05, 4.69) is 67.0 Å². The maximum Gasteiger partial charge on any atom is 0.472 e. The van der Waals surface area contributed by atoms with Gasteiger partial charge >= 0.3 is 19.8 Å². The number of epoxide rings is 1. The predicted molar refractivity (Wildman–Crippen MR) is 223 cm³/mol. The maximum absolute atomic E-state index is 12.6. The normalized spacial score (nSPS) is 17.9. The molecule has 0 aromatic heterocycles. The second kappa shape index (κ2) is 36.0. The lowest BCUT2D eigenvalue weighted by Crippen LogP contribution is -2.29. The van der Waals surface area contributed by atoms with Crippen molar-refractivity contribution in [1.29, 1.82) is 0 Å². The van der Waals surface area contributed by atoms with Crippen LogP contribution < -0.4 is 0 Å². The van der Waals surface area contributed by atoms with Gasteiger partial charge in [-0.25, -0.2) is 4.57 Å². The average molecular weight is 813 g/mol. The summed E-state index contributed by atoms with van der Waals surface area (Å²) in [6.07, 6.45) is 39.5. The molecule has 3 N–H and O–H groups in total. The van der Waals surface area contributed by atoms with Crippen LogP contribution in [0.15, 0.2) is 48.6 Å². The van der Waals surface area contributed by atoms with Crippen LogP contribution in [0.1, 0.15) is 168 Å². The van der Waals surface area contributed by atoms with E-state index in [1.54, 1.807) is 0 Å². The molecule has 5 atom stereocenters. The van der Waals surface area contributed by atoms with E-state index >= 15 is 0 Å². The van der Waals surface area contributed by atoms with Crippen LogP contribution in [0.3, 0.4) is 0 Å². The second-order valence-electron chi connectivity index (χ2n) is 14.7. The van der Waals surface area contributed by atoms with Gasteiger partial charge in [-0.3, -0.25) is 18.6 Å². The highest BCUT2D eigenvalue weighted by Gasteiger charge is 2.36. The highest BCUT2D eigenvalue weighted by atomic mass is 31.2. The largest absolute Gasteiger partial charge is 0.472 e. The van der Waals surface area contributed by atoms with Gasteiger partial charge in [-0.15, -0.1) is 0 Å². The molecule has 0 aliphatic carbocycles. The van der Waals surface area contributed by atoms with Gasteiger partial charge in [-0.2, -0.15) is 0 Å². The van der Waals surface area contributed by atoms with Crippen molar-refractivity contribution in [2.45, 2.75) is 192 Å². The predicted octanol–water partition coefficient (Wildman–Crippen LogP) is 10.3. The number of aliphatic hydroxyl groups is 2. The topological polar surface area (TPSA) is 161 Å². The van der Waals surface area contributed by atoms with Gasteiger partial charge in [0.05, 0.1) is 32.0 Å². The summed E-state index contributed by atoms with van der Waals surface area (Å²) in [6, 6.07) is 0. The van der Waals surface area contributed by atoms with Gasteiger partial charge in [-0.05, 0) is 77.0 Å². The summed E-state index contributed by atoms with van der Waals surface area (Å²) < 4.78 is 38.5. The minimum Gasteiger partial charge on any atom is -0.462 e. The van der Waals surface area contributed by atoms with Gasteiger partial charge in [0.25, 0.3) is 0 Å². The van der Waals surface area contributed by atoms with Crippen molar-refractivity contribution in [2.75, 3.05) is 26.4 Å². The fourth-order valence-electron chi connectivity index (χ4n) is 5.89. The molecule has 1 rings (SSSR count). The Morgan fingerprint density at radius 3 is 1.79 bits per heavy atom. The number of unbranched alkanes of at least 4 members (excludes halogenated alkanes) is 14. The van der Waals surface area contributed by atoms with Gasteiger partial charge in [0.15, 0.2) is 6.10 Å². The molecule has 11 nitrogen and oxygen atoms in total. The fourth-order valence-corrected chi connectivity index (χ4v) is 6.68. The van der Waals surface area contributed by atoms with Gasteiger partial charge in [-0.1, -0.05) is 127 Å². The van der Waals surface area contributed by atoms with Gasteiger partial charge in [0.2, 0.25) is 0 Å². The molecular weight excluding hydrogens is 735 g/mol. The van der Waals surface area contributed by atoms with E-state index in [4.69, 9.17) is 23.8 Å². The molecule has 3 unspecified atom stereocenters. The summed E-state index contributed by atoms with van der Waals surface area (Å²) >= 11 is 0. The number of hydrogen-bond acceptors (Lipinski definition) is 10. The number of carbonyl (C=O) groups is 2. The smallest absolute Gasteiger partial charge is 0.462 e. The molecule has 12 heteroatoms. The summed E-state index contributed by atoms with van der Waals surface area (Å²) in [5, 5.41) is 18.3. The third kappa shape index (κ3) is 32.9. The van der Waals surface area contributed by atoms with Crippen LogP contribution in [0.25, 0.3) is 0 Å². The first-order valence-electron chi connectivity index (χ1n) is 21.7. The molecule has 0 bridgehead atoms. The van der Waals surface area contributed by atoms with Crippen molar-refractivity contribution in [3.8, 4) is 0 Å². The Kier molecular flexibility index (Phi) is 33.4. The van der Waals surface area contributed by atoms with Crippen molar-refractivity contribution in [1.82, 2.24) is 0 Å². The average Bonchev–Trinajstić information content (AvgIpc) is 3.94. The number of carbonyl (C=O) groups excluding carboxylic acids is 2. The number of phosphoric acid groups is 1. The quantitative estimate of drug-likeness (QED) is 0.0178. The molecule has 56 heavy (non-hydrogen) atoms. The molecule has 324 valence electrons. The Morgan fingerprint density at radius 1 is 0.643 bits per heavy atom. The van der Waals surface area contributed by atoms with Gasteiger partial charge in [0.1, 0.15) is 12.7 Å². The third-order valence-electron chi connectivity index (χ3n) is 9.38. The van der Waals surface area contributed by atoms with E-state index in [0.29, 0.717) is 25.0 Å². The zero-order valence-corrected chi connectivity index (χ0v) is 35.7. The summed E-state index contributed by atoms with van der Waals surface area (Å²) in [7, 11) is -4.63. The number of allylic oxidation sites excluding steroid dienone is 7. The lowest BCUT2D eigenvalue weighted by Gasteiger charge is -2.20. The minimum absolute atomic E-state index is 0.154. The monoisotopic (exact) mass is 813 g/mol. The van der Waals surface area contributed by atoms with E-state index in [1.807, 2.05) is 0 Å². The number of aliphatic hydroxyl groups excluding tert-OH is 2. The van der Waals surface area contributed by atoms with Crippen LogP contribution in [0.4, 0.5) is 0 Å². The first kappa shape index (κ1) is 51.9. The molecule has 1 fully saturated rings. The summed E-state index contributed by atoms with van der Waals surface area (Å²) in [6.45, 7) is 2.26. The molecule has 1 heterocycles. The Hall–Kier alpha value is -2.11. The van der Waals surface area contributed by atoms with Gasteiger partial charge in [0, 0.05) is 12.8 Å². The molecule has 0 spiro atoms. The van der Waals surface area contributed by atoms with Crippen molar-refractivity contribution in [2.24, 2.45) is 0 Å². The van der Waals surface area contributed by atoms with E-state index in [-0.39, 0.29) is 19.4 Å². The lowest BCUT2D eigenvalue weighted by atomic mass is 10.1. The standard InChI is InChI=1S/C44H77O11P/c1-3-5-7-9-11-12-13-14-15-16-17-18-19-20-21-25-29-33-43(47)51-37-40(38-53-56(49,50)52-36-39(46)35-45)54-44(48)34-30-26-22-24-28-32-42-41(55-42)31-27-23-10-8-6-4-2/h11-12,14-15,17-18,23,27,39-42,45-46H,3-10,13,16,19-22,24-26,28-38H2,1-2H3,(H,49,50)/b12-11-,15-14-,18-17-,27-23-/t39-,40+,41?,42?/m0/s1. The molecule has 0 radical (unpaired) electrons. The number of ether oxygens (including phenoxy) is 3. The second-order valence-corrected chi connectivity index (χ2v) is 16.2. The van der Waals surface area contributed by atoms with Crippen LogP contribution in [-0.4, -0.2) is 77.9 Å². The molecular formula is C44H77O11P. The first-order valence-corrected chi connectivity index (χ1v) is 23.2. The zero-order chi connectivity index (χ0) is 41.0. The highest BCUT2D eigenvalue weighted by Crippen LogP contribution is 2.43. The van der Waals surface area contributed by atoms with E-state index in [1.165, 1.54) is 44.9 Å². The molecule has 1 saturated heterocycles. The number of phosphoric ester groups is 1. The van der Waals surface area contributed by atoms with Crippen molar-refractivity contribution in [3.05, 3.63) is 48.6 Å². The van der Waals surface area contributed by atoms with Crippen LogP contribution in [0.5, 0.6) is 0 Å². The Balaban J connectivity index is 2.28. The lowest BCUT2D eigenvalue weighted by molar-refractivity contribution is -0.161. The van der Waals surface area contributed by atoms with Crippen LogP contribution in [0.2, 0.25) is 0 Å². The molecule has 0 amide bonds. The SMILES string of the molecule is CCCCC/C=C\C/C=C\C/C=C\CCCCCCC(=O)OC[C@H](COP(=O)(O)OC[C@@H](O)CO)OC(=O)CCCCCCCC1OC1C/C=C\CCCCC. The summed E-state index contributed by atoms with van der Waals surface area (Å²) in [5.74, 6) is -0.976. The molecule has 1 aliphatic rings. The summed E-state index contributed by atoms with van der Waals surface area (Å²) in [5.41, 5.74) is 0. The van der Waals surface area contributed by atoms with E-state index in [9.17, 15) is 24.2 Å². The Morgan fingerprint density at radius 2 is 1.16 bits per heavy atom. The van der Waals surface area contributed by atoms with Crippen molar-refractivity contribution < 1.29 is 52.5 Å². The molecule has 0 aromatic carbocycles. The summed E-state index contributed by atoms with van der Waals surface area (Å²) in [4.78, 5) is 35.0. The van der Waals surface area contributed by atoms with Crippen molar-refractivity contribution in [3.63, 3.8) is 0 Å². The number of hydrogen-bond donors (Lipinski definition) is 3. The van der Waals surface area contributed by atoms with E-state index < -0.39 is 51.8 Å². The third-order valence-corrected chi connectivity index (χ3v) is 10.3. The van der Waals surface area contributed by atoms with Crippen LogP contribution in [0, 0.1) is 0 Å². The fraction of sp³-hybridized carbons (Fsp3) is 0.773. The first-order chi connectivity index (χ1) is 27.2. The van der Waals surface area contributed by atoms with Crippen LogP contribution in [-0.2, 0) is 37.4 Å². The Bertz CT molecular complexity index is 1140. The van der Waals surface area contributed by atoms with E-state index in [0.717, 1.165) is 83.5 Å².